The fourth-order valence-electron chi connectivity index (χ4n) is 4.10. The van der Waals surface area contributed by atoms with Crippen molar-refractivity contribution in [3.63, 3.8) is 0 Å². The molecule has 6 heteroatoms. The molecule has 5 nitrogen and oxygen atoms in total. The molecule has 0 bridgehead atoms. The van der Waals surface area contributed by atoms with Crippen LogP contribution in [0, 0.1) is 5.82 Å². The molecule has 2 heterocycles. The molecular formula is C22H27FN4O. The number of nitrogens with one attached hydrogen (secondary N) is 1. The van der Waals surface area contributed by atoms with Crippen molar-refractivity contribution < 1.29 is 9.13 Å². The minimum Gasteiger partial charge on any atom is -0.379 e. The number of fused-ring (bicyclic) bond motifs is 1. The summed E-state index contributed by atoms with van der Waals surface area (Å²) in [6.45, 7) is 4.68. The molecule has 2 aliphatic rings. The van der Waals surface area contributed by atoms with E-state index in [9.17, 15) is 4.39 Å². The van der Waals surface area contributed by atoms with E-state index in [2.05, 4.69) is 44.4 Å². The number of benzene rings is 2. The van der Waals surface area contributed by atoms with Crippen LogP contribution < -0.4 is 10.2 Å². The zero-order valence-corrected chi connectivity index (χ0v) is 16.3. The van der Waals surface area contributed by atoms with Crippen LogP contribution in [-0.2, 0) is 11.2 Å². The van der Waals surface area contributed by atoms with E-state index in [1.807, 2.05) is 13.1 Å². The van der Waals surface area contributed by atoms with Gasteiger partial charge in [0.15, 0.2) is 5.96 Å². The topological polar surface area (TPSA) is 40.1 Å². The average Bonchev–Trinajstić information content (AvgIpc) is 3.16. The van der Waals surface area contributed by atoms with Crippen molar-refractivity contribution in [1.82, 2.24) is 10.2 Å². The number of hydrogen-bond donors (Lipinski definition) is 1. The molecule has 28 heavy (non-hydrogen) atoms. The van der Waals surface area contributed by atoms with Crippen molar-refractivity contribution in [2.75, 3.05) is 51.3 Å². The lowest BCUT2D eigenvalue weighted by Gasteiger charge is -2.35. The zero-order chi connectivity index (χ0) is 19.3. The summed E-state index contributed by atoms with van der Waals surface area (Å²) in [6.07, 6.45) is 1.02. The minimum absolute atomic E-state index is 0.0641. The van der Waals surface area contributed by atoms with Crippen LogP contribution in [0.2, 0.25) is 0 Å². The van der Waals surface area contributed by atoms with Crippen molar-refractivity contribution in [2.45, 2.75) is 12.5 Å². The third kappa shape index (κ3) is 4.03. The van der Waals surface area contributed by atoms with E-state index in [0.717, 1.165) is 37.6 Å². The summed E-state index contributed by atoms with van der Waals surface area (Å²) in [5.74, 6) is 0.660. The molecule has 2 aromatic carbocycles. The van der Waals surface area contributed by atoms with Gasteiger partial charge in [0.1, 0.15) is 5.82 Å². The van der Waals surface area contributed by atoms with Gasteiger partial charge in [-0.1, -0.05) is 30.3 Å². The number of nitrogens with zero attached hydrogens (tertiary/aromatic N) is 3. The molecule has 0 amide bonds. The largest absolute Gasteiger partial charge is 0.379 e. The molecule has 1 fully saturated rings. The van der Waals surface area contributed by atoms with Crippen molar-refractivity contribution in [1.29, 1.82) is 0 Å². The van der Waals surface area contributed by atoms with Crippen LogP contribution in [0.4, 0.5) is 10.1 Å². The second-order valence-electron chi connectivity index (χ2n) is 7.18. The molecule has 0 aromatic heterocycles. The molecule has 2 aromatic rings. The van der Waals surface area contributed by atoms with E-state index >= 15 is 0 Å². The number of para-hydroxylation sites is 1. The molecule has 0 radical (unpaired) electrons. The summed E-state index contributed by atoms with van der Waals surface area (Å²) < 4.78 is 19.4. The highest BCUT2D eigenvalue weighted by Crippen LogP contribution is 2.28. The predicted octanol–water partition coefficient (Wildman–Crippen LogP) is 2.84. The summed E-state index contributed by atoms with van der Waals surface area (Å²) in [5, 5.41) is 3.54. The third-order valence-corrected chi connectivity index (χ3v) is 5.53. The lowest BCUT2D eigenvalue weighted by Crippen LogP contribution is -2.47. The summed E-state index contributed by atoms with van der Waals surface area (Å²) in [6, 6.07) is 15.4. The summed E-state index contributed by atoms with van der Waals surface area (Å²) in [7, 11) is 1.81. The van der Waals surface area contributed by atoms with Gasteiger partial charge in [-0.05, 0) is 35.7 Å². The van der Waals surface area contributed by atoms with Gasteiger partial charge in [-0.25, -0.2) is 4.39 Å². The summed E-state index contributed by atoms with van der Waals surface area (Å²) >= 11 is 0. The van der Waals surface area contributed by atoms with Crippen LogP contribution in [0.15, 0.2) is 53.5 Å². The first-order valence-electron chi connectivity index (χ1n) is 9.89. The van der Waals surface area contributed by atoms with E-state index < -0.39 is 0 Å². The standard InChI is InChI=1S/C22H27FN4O/c1-24-22(27-10-9-17-5-2-3-8-20(17)27)25-16-21(26-11-13-28-14-12-26)18-6-4-7-19(23)15-18/h2-8,15,21H,9-14,16H2,1H3,(H,24,25). The molecule has 1 unspecified atom stereocenters. The SMILES string of the molecule is CN=C(NCC(c1cccc(F)c1)N1CCOCC1)N1CCc2ccccc21. The number of guanidine groups is 1. The minimum atomic E-state index is -0.200. The molecule has 0 aliphatic carbocycles. The van der Waals surface area contributed by atoms with E-state index in [1.54, 1.807) is 12.1 Å². The van der Waals surface area contributed by atoms with E-state index in [0.29, 0.717) is 19.8 Å². The number of aliphatic imine (C=N–C) groups is 1. The molecular weight excluding hydrogens is 355 g/mol. The Kier molecular flexibility index (Phi) is 5.88. The number of rotatable bonds is 4. The average molecular weight is 382 g/mol. The second kappa shape index (κ2) is 8.71. The maximum absolute atomic E-state index is 13.9. The molecule has 148 valence electrons. The summed E-state index contributed by atoms with van der Waals surface area (Å²) in [5.41, 5.74) is 3.54. The number of anilines is 1. The normalized spacial score (nSPS) is 18.8. The summed E-state index contributed by atoms with van der Waals surface area (Å²) in [4.78, 5) is 9.10. The number of ether oxygens (including phenoxy) is 1. The molecule has 1 saturated heterocycles. The Hall–Kier alpha value is -2.44. The zero-order valence-electron chi connectivity index (χ0n) is 16.3. The molecule has 4 rings (SSSR count). The van der Waals surface area contributed by atoms with Crippen molar-refractivity contribution >= 4 is 11.6 Å². The Morgan fingerprint density at radius 1 is 1.14 bits per heavy atom. The monoisotopic (exact) mass is 382 g/mol. The Balaban J connectivity index is 1.52. The molecule has 1 N–H and O–H groups in total. The van der Waals surface area contributed by atoms with Crippen LogP contribution in [0.5, 0.6) is 0 Å². The fraction of sp³-hybridized carbons (Fsp3) is 0.409. The van der Waals surface area contributed by atoms with Gasteiger partial charge in [0.2, 0.25) is 0 Å². The second-order valence-corrected chi connectivity index (χ2v) is 7.18. The van der Waals surface area contributed by atoms with Crippen molar-refractivity contribution in [3.05, 3.63) is 65.5 Å². The van der Waals surface area contributed by atoms with Crippen LogP contribution in [0.3, 0.4) is 0 Å². The fourth-order valence-corrected chi connectivity index (χ4v) is 4.10. The van der Waals surface area contributed by atoms with Gasteiger partial charge in [0.05, 0.1) is 19.3 Å². The Labute approximate surface area is 165 Å². The van der Waals surface area contributed by atoms with Crippen LogP contribution in [0.1, 0.15) is 17.2 Å². The van der Waals surface area contributed by atoms with E-state index in [4.69, 9.17) is 4.74 Å². The first-order chi connectivity index (χ1) is 13.8. The molecule has 1 atom stereocenters. The molecule has 0 spiro atoms. The first-order valence-corrected chi connectivity index (χ1v) is 9.89. The van der Waals surface area contributed by atoms with Gasteiger partial charge in [0, 0.05) is 38.9 Å². The smallest absolute Gasteiger partial charge is 0.198 e. The van der Waals surface area contributed by atoms with Gasteiger partial charge in [0.25, 0.3) is 0 Å². The highest BCUT2D eigenvalue weighted by atomic mass is 19.1. The van der Waals surface area contributed by atoms with E-state index in [1.165, 1.54) is 17.3 Å². The Morgan fingerprint density at radius 2 is 1.96 bits per heavy atom. The lowest BCUT2D eigenvalue weighted by molar-refractivity contribution is 0.0169. The van der Waals surface area contributed by atoms with E-state index in [-0.39, 0.29) is 11.9 Å². The first kappa shape index (κ1) is 18.9. The van der Waals surface area contributed by atoms with Crippen LogP contribution >= 0.6 is 0 Å². The quantitative estimate of drug-likeness (QED) is 0.652. The predicted molar refractivity (Wildman–Crippen MR) is 110 cm³/mol. The van der Waals surface area contributed by atoms with Gasteiger partial charge in [-0.15, -0.1) is 0 Å². The highest BCUT2D eigenvalue weighted by Gasteiger charge is 2.26. The maximum Gasteiger partial charge on any atom is 0.198 e. The van der Waals surface area contributed by atoms with Gasteiger partial charge in [-0.2, -0.15) is 0 Å². The maximum atomic E-state index is 13.9. The Morgan fingerprint density at radius 3 is 2.75 bits per heavy atom. The van der Waals surface area contributed by atoms with Crippen molar-refractivity contribution in [2.24, 2.45) is 4.99 Å². The molecule has 2 aliphatic heterocycles. The van der Waals surface area contributed by atoms with Crippen LogP contribution in [-0.4, -0.2) is 57.3 Å². The molecule has 0 saturated carbocycles. The number of halogens is 1. The van der Waals surface area contributed by atoms with Crippen LogP contribution in [0.25, 0.3) is 0 Å². The lowest BCUT2D eigenvalue weighted by atomic mass is 10.0. The Bertz CT molecular complexity index is 835. The number of morpholine rings is 1. The van der Waals surface area contributed by atoms with Gasteiger partial charge < -0.3 is 15.0 Å². The van der Waals surface area contributed by atoms with Gasteiger partial charge in [-0.3, -0.25) is 9.89 Å². The van der Waals surface area contributed by atoms with Gasteiger partial charge >= 0.3 is 0 Å². The van der Waals surface area contributed by atoms with Crippen molar-refractivity contribution in [3.8, 4) is 0 Å². The highest BCUT2D eigenvalue weighted by molar-refractivity contribution is 5.97. The number of hydrogen-bond acceptors (Lipinski definition) is 3. The third-order valence-electron chi connectivity index (χ3n) is 5.53.